The number of carbonyl (C=O) groups is 1. The summed E-state index contributed by atoms with van der Waals surface area (Å²) in [5.41, 5.74) is 1.43. The van der Waals surface area contributed by atoms with Gasteiger partial charge in [-0.1, -0.05) is 18.2 Å². The third kappa shape index (κ3) is 2.64. The van der Waals surface area contributed by atoms with Gasteiger partial charge in [-0.15, -0.1) is 0 Å². The lowest BCUT2D eigenvalue weighted by molar-refractivity contribution is -0.115. The van der Waals surface area contributed by atoms with Crippen LogP contribution in [0.25, 0.3) is 0 Å². The van der Waals surface area contributed by atoms with E-state index in [4.69, 9.17) is 5.41 Å². The molecule has 0 heterocycles. The van der Waals surface area contributed by atoms with Crippen molar-refractivity contribution >= 4 is 12.0 Å². The molecule has 2 rings (SSSR count). The summed E-state index contributed by atoms with van der Waals surface area (Å²) in [5.74, 6) is -0.0468. The number of Topliss-reactive ketones (excluding diaryl/α,β-unsaturated/α-hetero) is 1. The van der Waals surface area contributed by atoms with E-state index < -0.39 is 6.17 Å². The van der Waals surface area contributed by atoms with E-state index in [1.807, 2.05) is 0 Å². The van der Waals surface area contributed by atoms with Crippen LogP contribution in [0.2, 0.25) is 0 Å². The lowest BCUT2D eigenvalue weighted by Crippen LogP contribution is -2.25. The van der Waals surface area contributed by atoms with Crippen LogP contribution in [0.15, 0.2) is 47.3 Å². The molecule has 0 saturated carbocycles. The van der Waals surface area contributed by atoms with Crippen molar-refractivity contribution in [2.24, 2.45) is 0 Å². The van der Waals surface area contributed by atoms with Gasteiger partial charge < -0.3 is 10.7 Å². The van der Waals surface area contributed by atoms with E-state index in [0.29, 0.717) is 29.8 Å². The molecule has 0 aliphatic heterocycles. The third-order valence-corrected chi connectivity index (χ3v) is 2.97. The smallest absolute Gasteiger partial charge is 0.166 e. The number of hydrogen-bond acceptors (Lipinski definition) is 3. The van der Waals surface area contributed by atoms with E-state index >= 15 is 0 Å². The zero-order chi connectivity index (χ0) is 13.0. The Bertz CT molecular complexity index is 486. The Morgan fingerprint density at radius 2 is 2.17 bits per heavy atom. The van der Waals surface area contributed by atoms with Crippen LogP contribution >= 0.6 is 0 Å². The van der Waals surface area contributed by atoms with Gasteiger partial charge in [0.15, 0.2) is 12.0 Å². The third-order valence-electron chi connectivity index (χ3n) is 2.97. The molecule has 2 aliphatic rings. The topological polar surface area (TPSA) is 53.0 Å². The van der Waals surface area contributed by atoms with E-state index in [-0.39, 0.29) is 5.78 Å². The van der Waals surface area contributed by atoms with Gasteiger partial charge in [0.05, 0.1) is 11.3 Å². The Morgan fingerprint density at radius 3 is 2.94 bits per heavy atom. The number of rotatable bonds is 3. The van der Waals surface area contributed by atoms with Crippen LogP contribution in [0, 0.1) is 5.41 Å². The predicted molar refractivity (Wildman–Crippen MR) is 69.1 cm³/mol. The van der Waals surface area contributed by atoms with Gasteiger partial charge in [-0.2, -0.15) is 0 Å². The molecule has 3 nitrogen and oxygen atoms in total. The average Bonchev–Trinajstić information content (AvgIpc) is 2.55. The number of carbonyl (C=O) groups excluding carboxylic acids is 1. The zero-order valence-electron chi connectivity index (χ0n) is 9.95. The summed E-state index contributed by atoms with van der Waals surface area (Å²) in [5, 5.41) is 10.3. The molecule has 4 heteroatoms. The van der Waals surface area contributed by atoms with Crippen LogP contribution in [0.4, 0.5) is 4.39 Å². The van der Waals surface area contributed by atoms with Crippen molar-refractivity contribution in [2.75, 3.05) is 0 Å². The summed E-state index contributed by atoms with van der Waals surface area (Å²) in [6, 6.07) is 0. The second kappa shape index (κ2) is 5.58. The summed E-state index contributed by atoms with van der Waals surface area (Å²) >= 11 is 0. The van der Waals surface area contributed by atoms with Crippen molar-refractivity contribution in [3.05, 3.63) is 47.3 Å². The van der Waals surface area contributed by atoms with Crippen molar-refractivity contribution in [3.63, 3.8) is 0 Å². The van der Waals surface area contributed by atoms with Crippen LogP contribution in [0.5, 0.6) is 0 Å². The molecule has 0 aromatic rings. The number of allylic oxidation sites excluding steroid dienone is 7. The molecule has 1 atom stereocenters. The zero-order valence-corrected chi connectivity index (χ0v) is 9.95. The summed E-state index contributed by atoms with van der Waals surface area (Å²) in [6.45, 7) is 0. The lowest BCUT2D eigenvalue weighted by atomic mass is 9.95. The molecule has 0 saturated heterocycles. The van der Waals surface area contributed by atoms with E-state index in [1.54, 1.807) is 24.3 Å². The SMILES string of the molecule is N=CC1=C(NC2=CC=CC=CC2F)CCCC1=O. The number of alkyl halides is 1. The van der Waals surface area contributed by atoms with Gasteiger partial charge >= 0.3 is 0 Å². The van der Waals surface area contributed by atoms with Crippen molar-refractivity contribution in [3.8, 4) is 0 Å². The highest BCUT2D eigenvalue weighted by molar-refractivity contribution is 6.13. The largest absolute Gasteiger partial charge is 0.359 e. The maximum Gasteiger partial charge on any atom is 0.166 e. The maximum atomic E-state index is 13.8. The fourth-order valence-corrected chi connectivity index (χ4v) is 2.03. The maximum absolute atomic E-state index is 13.8. The first kappa shape index (κ1) is 12.5. The quantitative estimate of drug-likeness (QED) is 0.752. The second-order valence-corrected chi connectivity index (χ2v) is 4.23. The van der Waals surface area contributed by atoms with E-state index in [2.05, 4.69) is 5.32 Å². The molecule has 1 unspecified atom stereocenters. The monoisotopic (exact) mass is 246 g/mol. The molecule has 2 N–H and O–H groups in total. The molecule has 0 fully saturated rings. The normalized spacial score (nSPS) is 23.7. The summed E-state index contributed by atoms with van der Waals surface area (Å²) in [7, 11) is 0. The fourth-order valence-electron chi connectivity index (χ4n) is 2.03. The van der Waals surface area contributed by atoms with Crippen LogP contribution < -0.4 is 5.32 Å². The Labute approximate surface area is 105 Å². The molecule has 0 amide bonds. The first-order chi connectivity index (χ1) is 8.72. The highest BCUT2D eigenvalue weighted by atomic mass is 19.1. The van der Waals surface area contributed by atoms with Crippen LogP contribution in [0.3, 0.4) is 0 Å². The standard InChI is InChI=1S/C14H15FN2O/c15-11-5-2-1-3-6-13(11)17-12-7-4-8-14(18)10(12)9-16/h1-3,5-6,9,11,16-17H,4,7-8H2. The van der Waals surface area contributed by atoms with Crippen LogP contribution in [-0.2, 0) is 4.79 Å². The number of hydrogen-bond donors (Lipinski definition) is 2. The minimum Gasteiger partial charge on any atom is -0.359 e. The van der Waals surface area contributed by atoms with Gasteiger partial charge in [0.2, 0.25) is 0 Å². The molecule has 18 heavy (non-hydrogen) atoms. The number of halogens is 1. The molecule has 0 aromatic carbocycles. The predicted octanol–water partition coefficient (Wildman–Crippen LogP) is 2.58. The van der Waals surface area contributed by atoms with Gasteiger partial charge in [0, 0.05) is 18.3 Å². The molecule has 0 radical (unpaired) electrons. The molecular formula is C14H15FN2O. The number of ketones is 1. The van der Waals surface area contributed by atoms with E-state index in [0.717, 1.165) is 12.6 Å². The second-order valence-electron chi connectivity index (χ2n) is 4.23. The Morgan fingerprint density at radius 1 is 1.33 bits per heavy atom. The van der Waals surface area contributed by atoms with Crippen molar-refractivity contribution in [1.29, 1.82) is 5.41 Å². The first-order valence-electron chi connectivity index (χ1n) is 5.95. The summed E-state index contributed by atoms with van der Waals surface area (Å²) < 4.78 is 13.8. The summed E-state index contributed by atoms with van der Waals surface area (Å²) in [4.78, 5) is 11.6. The average molecular weight is 246 g/mol. The van der Waals surface area contributed by atoms with Gasteiger partial charge in [-0.3, -0.25) is 4.79 Å². The minimum atomic E-state index is -1.21. The van der Waals surface area contributed by atoms with Gasteiger partial charge in [-0.05, 0) is 25.0 Å². The highest BCUT2D eigenvalue weighted by Crippen LogP contribution is 2.21. The van der Waals surface area contributed by atoms with E-state index in [1.165, 1.54) is 6.08 Å². The van der Waals surface area contributed by atoms with Crippen molar-refractivity contribution < 1.29 is 9.18 Å². The number of nitrogens with one attached hydrogen (secondary N) is 2. The van der Waals surface area contributed by atoms with Gasteiger partial charge in [0.1, 0.15) is 0 Å². The Hall–Kier alpha value is -1.97. The molecule has 0 bridgehead atoms. The van der Waals surface area contributed by atoms with Crippen LogP contribution in [-0.4, -0.2) is 18.2 Å². The lowest BCUT2D eigenvalue weighted by Gasteiger charge is -2.20. The molecule has 2 aliphatic carbocycles. The molecular weight excluding hydrogens is 231 g/mol. The summed E-state index contributed by atoms with van der Waals surface area (Å²) in [6.07, 6.45) is 9.96. The molecule has 94 valence electrons. The van der Waals surface area contributed by atoms with Gasteiger partial charge in [-0.25, -0.2) is 4.39 Å². The fraction of sp³-hybridized carbons (Fsp3) is 0.286. The minimum absolute atomic E-state index is 0.0468. The Kier molecular flexibility index (Phi) is 3.87. The van der Waals surface area contributed by atoms with E-state index in [9.17, 15) is 9.18 Å². The Balaban J connectivity index is 2.24. The first-order valence-corrected chi connectivity index (χ1v) is 5.95. The molecule has 0 aromatic heterocycles. The van der Waals surface area contributed by atoms with Crippen molar-refractivity contribution in [1.82, 2.24) is 5.32 Å². The highest BCUT2D eigenvalue weighted by Gasteiger charge is 2.21. The van der Waals surface area contributed by atoms with Crippen LogP contribution in [0.1, 0.15) is 19.3 Å². The molecule has 0 spiro atoms. The van der Waals surface area contributed by atoms with Gasteiger partial charge in [0.25, 0.3) is 0 Å². The van der Waals surface area contributed by atoms with Crippen molar-refractivity contribution in [2.45, 2.75) is 25.4 Å².